The fourth-order valence-electron chi connectivity index (χ4n) is 3.30. The van der Waals surface area contributed by atoms with Crippen molar-refractivity contribution in [2.45, 2.75) is 31.8 Å². The van der Waals surface area contributed by atoms with Gasteiger partial charge >= 0.3 is 0 Å². The maximum atomic E-state index is 13.6. The maximum Gasteiger partial charge on any atom is 0.128 e. The molecule has 1 aromatic heterocycles. The van der Waals surface area contributed by atoms with Gasteiger partial charge in [-0.1, -0.05) is 6.07 Å². The van der Waals surface area contributed by atoms with Gasteiger partial charge in [-0.05, 0) is 50.1 Å². The van der Waals surface area contributed by atoms with Crippen LogP contribution in [0, 0.1) is 5.82 Å². The molecule has 0 aliphatic carbocycles. The van der Waals surface area contributed by atoms with Crippen LogP contribution in [0.3, 0.4) is 0 Å². The number of methoxy groups -OCH3 is 1. The van der Waals surface area contributed by atoms with E-state index < -0.39 is 0 Å². The highest BCUT2D eigenvalue weighted by molar-refractivity contribution is 5.38. The third kappa shape index (κ3) is 3.85. The van der Waals surface area contributed by atoms with Gasteiger partial charge in [-0.2, -0.15) is 0 Å². The second-order valence-corrected chi connectivity index (χ2v) is 6.22. The average molecular weight is 329 g/mol. The summed E-state index contributed by atoms with van der Waals surface area (Å²) in [6.07, 6.45) is 3.91. The van der Waals surface area contributed by atoms with Crippen LogP contribution in [0.25, 0.3) is 0 Å². The Kier molecular flexibility index (Phi) is 5.30. The molecule has 0 spiro atoms. The molecular weight excluding hydrogens is 305 g/mol. The molecule has 1 aliphatic heterocycles. The van der Waals surface area contributed by atoms with Gasteiger partial charge in [-0.25, -0.2) is 9.37 Å². The first kappa shape index (κ1) is 16.7. The molecule has 1 fully saturated rings. The second-order valence-electron chi connectivity index (χ2n) is 6.22. The normalized spacial score (nSPS) is 16.9. The van der Waals surface area contributed by atoms with Crippen molar-refractivity contribution >= 4 is 5.82 Å². The van der Waals surface area contributed by atoms with Gasteiger partial charge in [0.2, 0.25) is 0 Å². The highest BCUT2D eigenvalue weighted by Crippen LogP contribution is 2.27. The van der Waals surface area contributed by atoms with Gasteiger partial charge < -0.3 is 15.0 Å². The molecular formula is C19H24FN3O. The summed E-state index contributed by atoms with van der Waals surface area (Å²) in [4.78, 5) is 6.73. The fourth-order valence-corrected chi connectivity index (χ4v) is 3.30. The molecule has 5 heteroatoms. The molecule has 1 saturated heterocycles. The Balaban J connectivity index is 1.59. The van der Waals surface area contributed by atoms with Crippen LogP contribution in [0.5, 0.6) is 5.75 Å². The number of halogens is 1. The number of anilines is 1. The van der Waals surface area contributed by atoms with E-state index in [0.717, 1.165) is 43.1 Å². The molecule has 1 N–H and O–H groups in total. The van der Waals surface area contributed by atoms with E-state index in [1.807, 2.05) is 24.4 Å². The molecule has 1 aromatic carbocycles. The summed E-state index contributed by atoms with van der Waals surface area (Å²) in [6, 6.07) is 11.1. The number of nitrogens with one attached hydrogen (secondary N) is 1. The molecule has 1 aliphatic rings. The Bertz CT molecular complexity index is 657. The van der Waals surface area contributed by atoms with Gasteiger partial charge in [0.15, 0.2) is 0 Å². The Labute approximate surface area is 142 Å². The third-order valence-electron chi connectivity index (χ3n) is 4.61. The lowest BCUT2D eigenvalue weighted by Gasteiger charge is -2.34. The topological polar surface area (TPSA) is 37.4 Å². The van der Waals surface area contributed by atoms with Crippen LogP contribution < -0.4 is 15.0 Å². The third-order valence-corrected chi connectivity index (χ3v) is 4.61. The zero-order valence-corrected chi connectivity index (χ0v) is 14.2. The lowest BCUT2D eigenvalue weighted by molar-refractivity contribution is 0.363. The first-order chi connectivity index (χ1) is 11.7. The number of nitrogens with zero attached hydrogens (tertiary/aromatic N) is 2. The molecule has 0 bridgehead atoms. The molecule has 0 unspecified atom stereocenters. The van der Waals surface area contributed by atoms with E-state index in [-0.39, 0.29) is 11.9 Å². The number of hydrogen-bond donors (Lipinski definition) is 1. The highest BCUT2D eigenvalue weighted by Gasteiger charge is 2.22. The van der Waals surface area contributed by atoms with Crippen molar-refractivity contribution in [3.8, 4) is 5.75 Å². The minimum Gasteiger partial charge on any atom is -0.496 e. The van der Waals surface area contributed by atoms with Gasteiger partial charge in [-0.15, -0.1) is 0 Å². The first-order valence-corrected chi connectivity index (χ1v) is 8.43. The van der Waals surface area contributed by atoms with E-state index in [0.29, 0.717) is 6.04 Å². The highest BCUT2D eigenvalue weighted by atomic mass is 19.1. The zero-order chi connectivity index (χ0) is 16.9. The number of pyridine rings is 1. The van der Waals surface area contributed by atoms with Crippen molar-refractivity contribution < 1.29 is 9.13 Å². The molecule has 1 atom stereocenters. The fraction of sp³-hybridized carbons (Fsp3) is 0.421. The molecule has 2 aromatic rings. The van der Waals surface area contributed by atoms with Crippen molar-refractivity contribution in [3.05, 3.63) is 54.0 Å². The van der Waals surface area contributed by atoms with Crippen molar-refractivity contribution in [1.29, 1.82) is 0 Å². The van der Waals surface area contributed by atoms with Crippen LogP contribution in [0.1, 0.15) is 31.4 Å². The summed E-state index contributed by atoms with van der Waals surface area (Å²) in [7, 11) is 1.62. The minimum absolute atomic E-state index is 0.0436. The Morgan fingerprint density at radius 2 is 2.04 bits per heavy atom. The summed E-state index contributed by atoms with van der Waals surface area (Å²) >= 11 is 0. The van der Waals surface area contributed by atoms with Crippen LogP contribution in [0.4, 0.5) is 10.2 Å². The molecule has 128 valence electrons. The number of ether oxygens (including phenoxy) is 1. The predicted molar refractivity (Wildman–Crippen MR) is 94.0 cm³/mol. The molecule has 4 nitrogen and oxygen atoms in total. The quantitative estimate of drug-likeness (QED) is 0.910. The van der Waals surface area contributed by atoms with Gasteiger partial charge in [0.25, 0.3) is 0 Å². The second kappa shape index (κ2) is 7.62. The number of rotatable bonds is 5. The first-order valence-electron chi connectivity index (χ1n) is 8.43. The zero-order valence-electron chi connectivity index (χ0n) is 14.2. The summed E-state index contributed by atoms with van der Waals surface area (Å²) in [5, 5.41) is 3.62. The molecule has 3 rings (SSSR count). The lowest BCUT2D eigenvalue weighted by Crippen LogP contribution is -2.43. The number of benzene rings is 1. The van der Waals surface area contributed by atoms with Gasteiger partial charge in [0, 0.05) is 36.9 Å². The molecule has 0 amide bonds. The smallest absolute Gasteiger partial charge is 0.128 e. The van der Waals surface area contributed by atoms with Crippen molar-refractivity contribution in [3.63, 3.8) is 0 Å². The summed E-state index contributed by atoms with van der Waals surface area (Å²) in [5.41, 5.74) is 0.865. The van der Waals surface area contributed by atoms with Crippen LogP contribution >= 0.6 is 0 Å². The molecule has 24 heavy (non-hydrogen) atoms. The number of hydrogen-bond acceptors (Lipinski definition) is 4. The van der Waals surface area contributed by atoms with Crippen molar-refractivity contribution in [1.82, 2.24) is 10.3 Å². The average Bonchev–Trinajstić information content (AvgIpc) is 2.63. The SMILES string of the molecule is COc1ccc(F)cc1[C@H](C)NC1CCN(c2ccccn2)CC1. The van der Waals surface area contributed by atoms with Gasteiger partial charge in [-0.3, -0.25) is 0 Å². The van der Waals surface area contributed by atoms with Crippen LogP contribution in [-0.2, 0) is 0 Å². The van der Waals surface area contributed by atoms with E-state index in [2.05, 4.69) is 22.1 Å². The lowest BCUT2D eigenvalue weighted by atomic mass is 10.0. The monoisotopic (exact) mass is 329 g/mol. The van der Waals surface area contributed by atoms with Crippen LogP contribution in [0.2, 0.25) is 0 Å². The Hall–Kier alpha value is -2.14. The standard InChI is InChI=1S/C19H24FN3O/c1-14(17-13-15(20)6-7-18(17)24-2)22-16-8-11-23(12-9-16)19-5-3-4-10-21-19/h3-7,10,13-14,16,22H,8-9,11-12H2,1-2H3/t14-/m0/s1. The maximum absolute atomic E-state index is 13.6. The predicted octanol–water partition coefficient (Wildman–Crippen LogP) is 3.55. The van der Waals surface area contributed by atoms with Crippen LogP contribution in [-0.4, -0.2) is 31.2 Å². The molecule has 0 radical (unpaired) electrons. The van der Waals surface area contributed by atoms with E-state index in [9.17, 15) is 4.39 Å². The Morgan fingerprint density at radius 3 is 2.71 bits per heavy atom. The van der Waals surface area contributed by atoms with Crippen LogP contribution in [0.15, 0.2) is 42.6 Å². The van der Waals surface area contributed by atoms with E-state index >= 15 is 0 Å². The summed E-state index contributed by atoms with van der Waals surface area (Å²) in [6.45, 7) is 4.01. The summed E-state index contributed by atoms with van der Waals surface area (Å²) in [5.74, 6) is 1.53. The van der Waals surface area contributed by atoms with E-state index in [1.165, 1.54) is 6.07 Å². The van der Waals surface area contributed by atoms with E-state index in [1.54, 1.807) is 19.2 Å². The van der Waals surface area contributed by atoms with Gasteiger partial charge in [0.1, 0.15) is 17.4 Å². The Morgan fingerprint density at radius 1 is 1.25 bits per heavy atom. The molecule has 0 saturated carbocycles. The van der Waals surface area contributed by atoms with Gasteiger partial charge in [0.05, 0.1) is 7.11 Å². The van der Waals surface area contributed by atoms with E-state index in [4.69, 9.17) is 4.74 Å². The minimum atomic E-state index is -0.232. The number of piperidine rings is 1. The van der Waals surface area contributed by atoms with Crippen molar-refractivity contribution in [2.75, 3.05) is 25.1 Å². The summed E-state index contributed by atoms with van der Waals surface area (Å²) < 4.78 is 18.9. The number of aromatic nitrogens is 1. The molecule has 2 heterocycles. The largest absolute Gasteiger partial charge is 0.496 e. The van der Waals surface area contributed by atoms with Crippen molar-refractivity contribution in [2.24, 2.45) is 0 Å².